The Labute approximate surface area is 114 Å². The molecule has 0 amide bonds. The molecule has 1 saturated heterocycles. The lowest BCUT2D eigenvalue weighted by Gasteiger charge is -2.34. The highest BCUT2D eigenvalue weighted by molar-refractivity contribution is 5.16. The van der Waals surface area contributed by atoms with Crippen LogP contribution in [0.5, 0.6) is 0 Å². The van der Waals surface area contributed by atoms with Crippen LogP contribution in [0.4, 0.5) is 0 Å². The van der Waals surface area contributed by atoms with Crippen molar-refractivity contribution in [2.24, 2.45) is 0 Å². The van der Waals surface area contributed by atoms with E-state index in [0.29, 0.717) is 0 Å². The van der Waals surface area contributed by atoms with Crippen molar-refractivity contribution in [2.45, 2.75) is 34.6 Å². The summed E-state index contributed by atoms with van der Waals surface area (Å²) in [4.78, 5) is 4.82. The van der Waals surface area contributed by atoms with E-state index in [1.807, 2.05) is 13.8 Å². The van der Waals surface area contributed by atoms with Crippen LogP contribution in [-0.2, 0) is 0 Å². The standard InChI is InChI=1S/C11H20N2.C3H4.C2H6/c1-4-6-11(5-2)13-9-7-12(3)8-10-13;1-3-2;1-2/h4-6H,7-10H2,1-3H3;1H,2H3;1-2H3/b6-4-,11-5+;;. The first-order valence-corrected chi connectivity index (χ1v) is 6.79. The SMILES string of the molecule is C#CC.C/C=C\C(=C/C)N1CCN(C)CC1.CC. The van der Waals surface area contributed by atoms with E-state index in [0.717, 1.165) is 13.1 Å². The zero-order chi connectivity index (χ0) is 14.4. The summed E-state index contributed by atoms with van der Waals surface area (Å²) in [7, 11) is 2.18. The fourth-order valence-corrected chi connectivity index (χ4v) is 1.62. The van der Waals surface area contributed by atoms with E-state index in [1.54, 1.807) is 6.92 Å². The van der Waals surface area contributed by atoms with Crippen LogP contribution in [0.25, 0.3) is 0 Å². The van der Waals surface area contributed by atoms with Gasteiger partial charge in [0.15, 0.2) is 0 Å². The molecule has 0 aromatic carbocycles. The Hall–Kier alpha value is -1.20. The zero-order valence-corrected chi connectivity index (χ0v) is 13.0. The maximum Gasteiger partial charge on any atom is 0.0320 e. The van der Waals surface area contributed by atoms with E-state index in [4.69, 9.17) is 0 Å². The molecule has 18 heavy (non-hydrogen) atoms. The second-order valence-corrected chi connectivity index (χ2v) is 3.79. The van der Waals surface area contributed by atoms with Crippen LogP contribution in [0.15, 0.2) is 23.9 Å². The molecule has 0 N–H and O–H groups in total. The summed E-state index contributed by atoms with van der Waals surface area (Å²) in [6.45, 7) is 14.5. The lowest BCUT2D eigenvalue weighted by atomic mass is 10.2. The minimum absolute atomic E-state index is 1.15. The Kier molecular flexibility index (Phi) is 14.7. The van der Waals surface area contributed by atoms with E-state index < -0.39 is 0 Å². The van der Waals surface area contributed by atoms with Gasteiger partial charge >= 0.3 is 0 Å². The van der Waals surface area contributed by atoms with Gasteiger partial charge in [-0.1, -0.05) is 26.0 Å². The average molecular weight is 250 g/mol. The van der Waals surface area contributed by atoms with Crippen LogP contribution in [0, 0.1) is 12.3 Å². The van der Waals surface area contributed by atoms with Gasteiger partial charge in [-0.25, -0.2) is 0 Å². The molecule has 0 aromatic heterocycles. The number of nitrogens with zero attached hydrogens (tertiary/aromatic N) is 2. The van der Waals surface area contributed by atoms with E-state index in [2.05, 4.69) is 61.3 Å². The van der Waals surface area contributed by atoms with Crippen molar-refractivity contribution >= 4 is 0 Å². The van der Waals surface area contributed by atoms with Crippen molar-refractivity contribution in [2.75, 3.05) is 33.2 Å². The second-order valence-electron chi connectivity index (χ2n) is 3.79. The maximum atomic E-state index is 4.60. The Morgan fingerprint density at radius 3 is 1.89 bits per heavy atom. The van der Waals surface area contributed by atoms with Crippen molar-refractivity contribution in [3.05, 3.63) is 23.9 Å². The Morgan fingerprint density at radius 2 is 1.56 bits per heavy atom. The summed E-state index contributed by atoms with van der Waals surface area (Å²) in [5.74, 6) is 2.25. The smallest absolute Gasteiger partial charge is 0.0320 e. The highest BCUT2D eigenvalue weighted by atomic mass is 15.2. The molecule has 1 fully saturated rings. The summed E-state index contributed by atoms with van der Waals surface area (Å²) in [6.07, 6.45) is 11.1. The molecular formula is C16H30N2. The maximum absolute atomic E-state index is 4.60. The molecule has 104 valence electrons. The first-order chi connectivity index (χ1) is 8.69. The van der Waals surface area contributed by atoms with Gasteiger partial charge in [-0.2, -0.15) is 0 Å². The minimum atomic E-state index is 1.15. The largest absolute Gasteiger partial charge is 0.369 e. The Morgan fingerprint density at radius 1 is 1.11 bits per heavy atom. The second kappa shape index (κ2) is 13.9. The molecule has 0 aliphatic carbocycles. The number of hydrogen-bond donors (Lipinski definition) is 0. The van der Waals surface area contributed by atoms with Gasteiger partial charge < -0.3 is 9.80 Å². The normalized spacial score (nSPS) is 16.3. The molecule has 1 rings (SSSR count). The molecule has 1 aliphatic rings. The number of piperazine rings is 1. The van der Waals surface area contributed by atoms with Gasteiger partial charge in [-0.15, -0.1) is 12.3 Å². The third-order valence-electron chi connectivity index (χ3n) is 2.50. The molecule has 1 aliphatic heterocycles. The lowest BCUT2D eigenvalue weighted by Crippen LogP contribution is -2.43. The first-order valence-electron chi connectivity index (χ1n) is 6.79. The predicted molar refractivity (Wildman–Crippen MR) is 83.5 cm³/mol. The van der Waals surface area contributed by atoms with Crippen molar-refractivity contribution < 1.29 is 0 Å². The number of likely N-dealkylation sites (N-methyl/N-ethyl adjacent to an activating group) is 1. The van der Waals surface area contributed by atoms with Gasteiger partial charge in [0, 0.05) is 31.9 Å². The fourth-order valence-electron chi connectivity index (χ4n) is 1.62. The molecule has 0 saturated carbocycles. The lowest BCUT2D eigenvalue weighted by molar-refractivity contribution is 0.190. The van der Waals surface area contributed by atoms with Crippen molar-refractivity contribution in [1.29, 1.82) is 0 Å². The van der Waals surface area contributed by atoms with Gasteiger partial charge in [0.1, 0.15) is 0 Å². The molecule has 2 nitrogen and oxygen atoms in total. The summed E-state index contributed by atoms with van der Waals surface area (Å²) in [5.41, 5.74) is 1.36. The molecule has 0 radical (unpaired) electrons. The van der Waals surface area contributed by atoms with Gasteiger partial charge in [-0.05, 0) is 33.9 Å². The van der Waals surface area contributed by atoms with Gasteiger partial charge in [-0.3, -0.25) is 0 Å². The highest BCUT2D eigenvalue weighted by Gasteiger charge is 2.13. The third-order valence-corrected chi connectivity index (χ3v) is 2.50. The number of allylic oxidation sites excluding steroid dienone is 3. The topological polar surface area (TPSA) is 6.48 Å². The quantitative estimate of drug-likeness (QED) is 0.547. The van der Waals surface area contributed by atoms with E-state index >= 15 is 0 Å². The van der Waals surface area contributed by atoms with E-state index in [1.165, 1.54) is 18.8 Å². The molecule has 0 unspecified atom stereocenters. The number of rotatable bonds is 2. The van der Waals surface area contributed by atoms with Crippen molar-refractivity contribution in [1.82, 2.24) is 9.80 Å². The van der Waals surface area contributed by atoms with Crippen LogP contribution in [-0.4, -0.2) is 43.0 Å². The van der Waals surface area contributed by atoms with E-state index in [-0.39, 0.29) is 0 Å². The van der Waals surface area contributed by atoms with Gasteiger partial charge in [0.25, 0.3) is 0 Å². The summed E-state index contributed by atoms with van der Waals surface area (Å²) in [5, 5.41) is 0. The highest BCUT2D eigenvalue weighted by Crippen LogP contribution is 2.09. The van der Waals surface area contributed by atoms with Gasteiger partial charge in [0.05, 0.1) is 0 Å². The molecule has 1 heterocycles. The minimum Gasteiger partial charge on any atom is -0.369 e. The van der Waals surface area contributed by atoms with Crippen LogP contribution in [0.2, 0.25) is 0 Å². The molecule has 0 atom stereocenters. The zero-order valence-electron chi connectivity index (χ0n) is 13.0. The molecule has 0 bridgehead atoms. The Bertz CT molecular complexity index is 263. The molecule has 0 aromatic rings. The summed E-state index contributed by atoms with van der Waals surface area (Å²) < 4.78 is 0. The molecular weight excluding hydrogens is 220 g/mol. The third kappa shape index (κ3) is 8.90. The van der Waals surface area contributed by atoms with Crippen LogP contribution >= 0.6 is 0 Å². The monoisotopic (exact) mass is 250 g/mol. The average Bonchev–Trinajstić information content (AvgIpc) is 2.40. The van der Waals surface area contributed by atoms with Crippen molar-refractivity contribution in [3.63, 3.8) is 0 Å². The first kappa shape index (κ1) is 19.1. The fraction of sp³-hybridized carbons (Fsp3) is 0.625. The Balaban J connectivity index is 0. The molecule has 2 heteroatoms. The van der Waals surface area contributed by atoms with Crippen LogP contribution < -0.4 is 0 Å². The van der Waals surface area contributed by atoms with Gasteiger partial charge in [0.2, 0.25) is 0 Å². The predicted octanol–water partition coefficient (Wildman–Crippen LogP) is 3.38. The number of terminal acetylenes is 1. The van der Waals surface area contributed by atoms with Crippen LogP contribution in [0.3, 0.4) is 0 Å². The molecule has 0 spiro atoms. The van der Waals surface area contributed by atoms with E-state index in [9.17, 15) is 0 Å². The summed E-state index contributed by atoms with van der Waals surface area (Å²) >= 11 is 0. The number of hydrogen-bond acceptors (Lipinski definition) is 2. The van der Waals surface area contributed by atoms with Crippen LogP contribution in [0.1, 0.15) is 34.6 Å². The van der Waals surface area contributed by atoms with Crippen molar-refractivity contribution in [3.8, 4) is 12.3 Å². The summed E-state index contributed by atoms with van der Waals surface area (Å²) in [6, 6.07) is 0.